The van der Waals surface area contributed by atoms with Gasteiger partial charge in [0.15, 0.2) is 0 Å². The zero-order valence-electron chi connectivity index (χ0n) is 19.2. The fourth-order valence-electron chi connectivity index (χ4n) is 3.41. The summed E-state index contributed by atoms with van der Waals surface area (Å²) >= 11 is 2.17. The lowest BCUT2D eigenvalue weighted by molar-refractivity contribution is -0.207. The maximum absolute atomic E-state index is 13.9. The molecule has 0 bridgehead atoms. The molecule has 3 rings (SSSR count). The third kappa shape index (κ3) is 7.07. The monoisotopic (exact) mass is 575 g/mol. The van der Waals surface area contributed by atoms with Crippen LogP contribution < -0.4 is 5.32 Å². The molecule has 0 amide bonds. The van der Waals surface area contributed by atoms with Crippen molar-refractivity contribution in [3.8, 4) is 0 Å². The summed E-state index contributed by atoms with van der Waals surface area (Å²) in [5.74, 6) is -0.318. The zero-order valence-corrected chi connectivity index (χ0v) is 21.4. The lowest BCUT2D eigenvalue weighted by Gasteiger charge is -2.34. The first kappa shape index (κ1) is 25.8. The van der Waals surface area contributed by atoms with Gasteiger partial charge in [0.1, 0.15) is 0 Å². The van der Waals surface area contributed by atoms with E-state index in [2.05, 4.69) is 27.9 Å². The number of halogens is 4. The predicted molar refractivity (Wildman–Crippen MR) is 131 cm³/mol. The Labute approximate surface area is 206 Å². The minimum Gasteiger partial charge on any atom is -0.367 e. The van der Waals surface area contributed by atoms with Gasteiger partial charge < -0.3 is 10.2 Å². The summed E-state index contributed by atoms with van der Waals surface area (Å²) in [5.41, 5.74) is 1.23. The summed E-state index contributed by atoms with van der Waals surface area (Å²) in [7, 11) is 0. The van der Waals surface area contributed by atoms with Gasteiger partial charge >= 0.3 is 12.1 Å². The molecule has 0 atom stereocenters. The molecule has 2 aromatic carbocycles. The molecular formula is C24H29F3IN3O2. The van der Waals surface area contributed by atoms with Crippen LogP contribution in [-0.4, -0.2) is 42.1 Å². The highest BCUT2D eigenvalue weighted by Gasteiger charge is 2.34. The molecule has 0 radical (unpaired) electrons. The Kier molecular flexibility index (Phi) is 7.95. The van der Waals surface area contributed by atoms with E-state index in [1.807, 2.05) is 30.0 Å². The molecular weight excluding hydrogens is 546 g/mol. The summed E-state index contributed by atoms with van der Waals surface area (Å²) in [6.07, 6.45) is -4.46. The fourth-order valence-corrected chi connectivity index (χ4v) is 4.21. The van der Waals surface area contributed by atoms with Gasteiger partial charge in [-0.05, 0) is 85.7 Å². The minimum absolute atomic E-state index is 0.179. The molecule has 1 aliphatic heterocycles. The predicted octanol–water partition coefficient (Wildman–Crippen LogP) is 5.98. The van der Waals surface area contributed by atoms with E-state index in [1.54, 1.807) is 31.9 Å². The van der Waals surface area contributed by atoms with Gasteiger partial charge in [0.2, 0.25) is 0 Å². The summed E-state index contributed by atoms with van der Waals surface area (Å²) < 4.78 is 42.5. The molecule has 9 heteroatoms. The number of carbonyl (C=O) groups is 1. The van der Waals surface area contributed by atoms with E-state index in [-0.39, 0.29) is 18.1 Å². The summed E-state index contributed by atoms with van der Waals surface area (Å²) in [6.45, 7) is 9.42. The molecule has 0 unspecified atom stereocenters. The largest absolute Gasteiger partial charge is 0.416 e. The third-order valence-electron chi connectivity index (χ3n) is 5.37. The highest BCUT2D eigenvalue weighted by atomic mass is 127. The first-order valence-electron chi connectivity index (χ1n) is 10.8. The van der Waals surface area contributed by atoms with E-state index < -0.39 is 17.2 Å². The summed E-state index contributed by atoms with van der Waals surface area (Å²) in [4.78, 5) is 19.4. The van der Waals surface area contributed by atoms with Crippen LogP contribution in [0.15, 0.2) is 36.4 Å². The molecule has 0 spiro atoms. The number of aryl methyl sites for hydroxylation is 1. The van der Waals surface area contributed by atoms with Crippen molar-refractivity contribution < 1.29 is 22.8 Å². The second-order valence-electron chi connectivity index (χ2n) is 9.31. The molecule has 1 saturated heterocycles. The van der Waals surface area contributed by atoms with Crippen molar-refractivity contribution in [2.75, 3.05) is 31.5 Å². The topological polar surface area (TPSA) is 44.8 Å². The average Bonchev–Trinajstić information content (AvgIpc) is 2.71. The molecule has 1 aliphatic rings. The van der Waals surface area contributed by atoms with E-state index in [1.165, 1.54) is 12.1 Å². The van der Waals surface area contributed by atoms with Crippen LogP contribution in [0.5, 0.6) is 0 Å². The quantitative estimate of drug-likeness (QED) is 0.445. The number of anilines is 2. The van der Waals surface area contributed by atoms with E-state index in [4.69, 9.17) is 4.84 Å². The fraction of sp³-hybridized carbons (Fsp3) is 0.458. The number of alkyl halides is 3. The Morgan fingerprint density at radius 2 is 1.73 bits per heavy atom. The van der Waals surface area contributed by atoms with Crippen LogP contribution in [0.1, 0.15) is 37.5 Å². The molecule has 180 valence electrons. The number of hydrogen-bond acceptors (Lipinski definition) is 5. The molecule has 1 fully saturated rings. The number of nitrogens with one attached hydrogen (secondary N) is 1. The van der Waals surface area contributed by atoms with Gasteiger partial charge in [0, 0.05) is 42.0 Å². The van der Waals surface area contributed by atoms with Gasteiger partial charge in [-0.1, -0.05) is 12.1 Å². The lowest BCUT2D eigenvalue weighted by atomic mass is 9.98. The number of piperazine rings is 1. The van der Waals surface area contributed by atoms with Gasteiger partial charge in [-0.25, -0.2) is 4.79 Å². The maximum Gasteiger partial charge on any atom is 0.416 e. The Bertz CT molecular complexity index is 997. The SMILES string of the molecule is Cc1ccc(Nc2ccc(CN3CCN(OC(=O)C(C)(C)C)CC3)c(C(F)(F)F)c2)c(I)c1. The zero-order chi connectivity index (χ0) is 24.4. The van der Waals surface area contributed by atoms with Crippen LogP contribution in [0.2, 0.25) is 0 Å². The number of hydrogen-bond donors (Lipinski definition) is 1. The highest BCUT2D eigenvalue weighted by molar-refractivity contribution is 14.1. The molecule has 0 aromatic heterocycles. The number of rotatable bonds is 5. The van der Waals surface area contributed by atoms with Crippen molar-refractivity contribution in [3.63, 3.8) is 0 Å². The highest BCUT2D eigenvalue weighted by Crippen LogP contribution is 2.35. The van der Waals surface area contributed by atoms with Crippen molar-refractivity contribution in [1.29, 1.82) is 0 Å². The maximum atomic E-state index is 13.9. The molecule has 5 nitrogen and oxygen atoms in total. The van der Waals surface area contributed by atoms with Gasteiger partial charge in [0.25, 0.3) is 0 Å². The molecule has 1 N–H and O–H groups in total. The summed E-state index contributed by atoms with van der Waals surface area (Å²) in [6, 6.07) is 10.2. The van der Waals surface area contributed by atoms with Crippen LogP contribution in [0.25, 0.3) is 0 Å². The van der Waals surface area contributed by atoms with Crippen molar-refractivity contribution in [2.45, 2.75) is 40.4 Å². The number of carbonyl (C=O) groups excluding carboxylic acids is 1. The van der Waals surface area contributed by atoms with E-state index in [0.29, 0.717) is 31.9 Å². The molecule has 0 aliphatic carbocycles. The van der Waals surface area contributed by atoms with Crippen LogP contribution in [0, 0.1) is 15.9 Å². The van der Waals surface area contributed by atoms with E-state index in [9.17, 15) is 18.0 Å². The smallest absolute Gasteiger partial charge is 0.367 e. The molecule has 1 heterocycles. The van der Waals surface area contributed by atoms with Gasteiger partial charge in [-0.2, -0.15) is 13.2 Å². The average molecular weight is 575 g/mol. The van der Waals surface area contributed by atoms with Crippen molar-refractivity contribution in [2.24, 2.45) is 5.41 Å². The Hall–Kier alpha value is -1.85. The van der Waals surface area contributed by atoms with Crippen LogP contribution >= 0.6 is 22.6 Å². The third-order valence-corrected chi connectivity index (χ3v) is 6.26. The first-order valence-corrected chi connectivity index (χ1v) is 11.8. The minimum atomic E-state index is -4.46. The lowest BCUT2D eigenvalue weighted by Crippen LogP contribution is -2.47. The van der Waals surface area contributed by atoms with E-state index in [0.717, 1.165) is 14.8 Å². The number of nitrogens with zero attached hydrogens (tertiary/aromatic N) is 2. The second-order valence-corrected chi connectivity index (χ2v) is 10.5. The molecule has 2 aromatic rings. The van der Waals surface area contributed by atoms with Crippen molar-refractivity contribution in [1.82, 2.24) is 9.96 Å². The van der Waals surface area contributed by atoms with E-state index >= 15 is 0 Å². The Balaban J connectivity index is 1.69. The number of hydroxylamine groups is 2. The normalized spacial score (nSPS) is 16.0. The Morgan fingerprint density at radius 1 is 1.06 bits per heavy atom. The van der Waals surface area contributed by atoms with Gasteiger partial charge in [-0.3, -0.25) is 4.90 Å². The summed E-state index contributed by atoms with van der Waals surface area (Å²) in [5, 5.41) is 4.69. The van der Waals surface area contributed by atoms with Crippen molar-refractivity contribution >= 4 is 39.9 Å². The molecule has 0 saturated carbocycles. The van der Waals surface area contributed by atoms with Crippen molar-refractivity contribution in [3.05, 3.63) is 56.7 Å². The molecule has 33 heavy (non-hydrogen) atoms. The van der Waals surface area contributed by atoms with Gasteiger partial charge in [-0.15, -0.1) is 5.06 Å². The van der Waals surface area contributed by atoms with Gasteiger partial charge in [0.05, 0.1) is 16.7 Å². The van der Waals surface area contributed by atoms with Crippen LogP contribution in [-0.2, 0) is 22.4 Å². The second kappa shape index (κ2) is 10.2. The first-order chi connectivity index (χ1) is 15.3. The number of benzene rings is 2. The Morgan fingerprint density at radius 3 is 2.30 bits per heavy atom. The standard InChI is InChI=1S/C24H29F3IN3O2/c1-16-5-8-21(20(28)13-16)29-18-7-6-17(19(14-18)24(25,26)27)15-30-9-11-31(12-10-30)33-22(32)23(2,3)4/h5-8,13-14,29H,9-12,15H2,1-4H3. The van der Waals surface area contributed by atoms with Crippen LogP contribution in [0.4, 0.5) is 24.5 Å². The van der Waals surface area contributed by atoms with Crippen LogP contribution in [0.3, 0.4) is 0 Å².